The van der Waals surface area contributed by atoms with Crippen molar-refractivity contribution < 1.29 is 9.53 Å². The van der Waals surface area contributed by atoms with E-state index in [9.17, 15) is 4.79 Å². The third-order valence-corrected chi connectivity index (χ3v) is 2.73. The molecule has 0 aliphatic heterocycles. The molecule has 100 valence electrons. The molecule has 3 N–H and O–H groups in total. The van der Waals surface area contributed by atoms with Crippen LogP contribution in [0.2, 0.25) is 0 Å². The molecule has 1 aromatic rings. The van der Waals surface area contributed by atoms with Gasteiger partial charge in [0, 0.05) is 11.7 Å². The summed E-state index contributed by atoms with van der Waals surface area (Å²) in [7, 11) is 1.33. The van der Waals surface area contributed by atoms with E-state index in [2.05, 4.69) is 35.8 Å². The van der Waals surface area contributed by atoms with Gasteiger partial charge in [0.05, 0.1) is 18.4 Å². The molecule has 0 aliphatic rings. The molecule has 0 fully saturated rings. The summed E-state index contributed by atoms with van der Waals surface area (Å²) >= 11 is 0. The Morgan fingerprint density at radius 3 is 2.78 bits per heavy atom. The lowest BCUT2D eigenvalue weighted by Crippen LogP contribution is -2.31. The fourth-order valence-corrected chi connectivity index (χ4v) is 1.87. The van der Waals surface area contributed by atoms with Crippen molar-refractivity contribution >= 4 is 17.5 Å². The topological polar surface area (TPSA) is 77.2 Å². The predicted octanol–water partition coefficient (Wildman–Crippen LogP) is 2.44. The standard InChI is InChI=1S/C13H21N3O2/c1-5-7-13(2,3)16-11-10(14)9(6-8-15-11)12(17)18-4/h6,8H,5,7,14H2,1-4H3,(H,15,16). The lowest BCUT2D eigenvalue weighted by molar-refractivity contribution is 0.0602. The number of methoxy groups -OCH3 is 1. The van der Waals surface area contributed by atoms with E-state index in [0.29, 0.717) is 17.1 Å². The number of pyridine rings is 1. The zero-order valence-corrected chi connectivity index (χ0v) is 11.4. The summed E-state index contributed by atoms with van der Waals surface area (Å²) in [5.41, 5.74) is 6.48. The molecule has 1 aromatic heterocycles. The highest BCUT2D eigenvalue weighted by Gasteiger charge is 2.20. The fourth-order valence-electron chi connectivity index (χ4n) is 1.87. The Hall–Kier alpha value is -1.78. The molecule has 0 amide bonds. The quantitative estimate of drug-likeness (QED) is 0.786. The minimum absolute atomic E-state index is 0.120. The molecule has 0 bridgehead atoms. The molecular weight excluding hydrogens is 230 g/mol. The van der Waals surface area contributed by atoms with Gasteiger partial charge >= 0.3 is 5.97 Å². The van der Waals surface area contributed by atoms with Crippen LogP contribution in [0.4, 0.5) is 11.5 Å². The third kappa shape index (κ3) is 3.35. The Labute approximate surface area is 108 Å². The van der Waals surface area contributed by atoms with Gasteiger partial charge in [-0.1, -0.05) is 13.3 Å². The maximum Gasteiger partial charge on any atom is 0.340 e. The Bertz CT molecular complexity index is 430. The van der Waals surface area contributed by atoms with Gasteiger partial charge in [0.2, 0.25) is 0 Å². The first-order chi connectivity index (χ1) is 8.41. The second kappa shape index (κ2) is 5.71. The first-order valence-electron chi connectivity index (χ1n) is 6.02. The van der Waals surface area contributed by atoms with E-state index in [-0.39, 0.29) is 5.54 Å². The van der Waals surface area contributed by atoms with Gasteiger partial charge in [-0.2, -0.15) is 0 Å². The minimum atomic E-state index is -0.453. The zero-order chi connectivity index (χ0) is 13.8. The van der Waals surface area contributed by atoms with Crippen LogP contribution >= 0.6 is 0 Å². The van der Waals surface area contributed by atoms with Gasteiger partial charge < -0.3 is 15.8 Å². The molecular formula is C13H21N3O2. The first-order valence-corrected chi connectivity index (χ1v) is 6.02. The lowest BCUT2D eigenvalue weighted by Gasteiger charge is -2.27. The number of nitrogens with two attached hydrogens (primary N) is 1. The summed E-state index contributed by atoms with van der Waals surface area (Å²) in [6, 6.07) is 1.55. The normalized spacial score (nSPS) is 11.1. The second-order valence-electron chi connectivity index (χ2n) is 4.87. The van der Waals surface area contributed by atoms with E-state index < -0.39 is 5.97 Å². The van der Waals surface area contributed by atoms with Crippen LogP contribution in [0.25, 0.3) is 0 Å². The van der Waals surface area contributed by atoms with E-state index in [1.54, 1.807) is 12.3 Å². The van der Waals surface area contributed by atoms with Crippen LogP contribution in [0.3, 0.4) is 0 Å². The van der Waals surface area contributed by atoms with Gasteiger partial charge in [0.25, 0.3) is 0 Å². The number of carbonyl (C=O) groups is 1. The van der Waals surface area contributed by atoms with Crippen LogP contribution < -0.4 is 11.1 Å². The Kier molecular flexibility index (Phi) is 4.53. The molecule has 0 saturated heterocycles. The van der Waals surface area contributed by atoms with Crippen LogP contribution in [0.5, 0.6) is 0 Å². The van der Waals surface area contributed by atoms with Gasteiger partial charge in [0.1, 0.15) is 5.82 Å². The number of nitrogen functional groups attached to an aromatic ring is 1. The van der Waals surface area contributed by atoms with Crippen molar-refractivity contribution in [2.24, 2.45) is 0 Å². The Balaban J connectivity index is 3.01. The zero-order valence-electron chi connectivity index (χ0n) is 11.4. The molecule has 18 heavy (non-hydrogen) atoms. The fraction of sp³-hybridized carbons (Fsp3) is 0.538. The van der Waals surface area contributed by atoms with Crippen molar-refractivity contribution in [1.29, 1.82) is 0 Å². The molecule has 0 spiro atoms. The Morgan fingerprint density at radius 1 is 1.56 bits per heavy atom. The summed E-state index contributed by atoms with van der Waals surface area (Å²) in [4.78, 5) is 15.7. The monoisotopic (exact) mass is 251 g/mol. The molecule has 1 heterocycles. The smallest absolute Gasteiger partial charge is 0.340 e. The van der Waals surface area contributed by atoms with Crippen LogP contribution in [0.1, 0.15) is 44.0 Å². The van der Waals surface area contributed by atoms with Crippen LogP contribution in [-0.4, -0.2) is 23.6 Å². The summed E-state index contributed by atoms with van der Waals surface area (Å²) in [5, 5.41) is 3.26. The van der Waals surface area contributed by atoms with Gasteiger partial charge in [-0.05, 0) is 26.3 Å². The van der Waals surface area contributed by atoms with Crippen molar-refractivity contribution in [3.8, 4) is 0 Å². The molecule has 0 aromatic carbocycles. The first kappa shape index (κ1) is 14.3. The van der Waals surface area contributed by atoms with Gasteiger partial charge in [-0.3, -0.25) is 0 Å². The van der Waals surface area contributed by atoms with E-state index in [4.69, 9.17) is 5.73 Å². The molecule has 0 saturated carbocycles. The maximum absolute atomic E-state index is 11.5. The maximum atomic E-state index is 11.5. The highest BCUT2D eigenvalue weighted by Crippen LogP contribution is 2.25. The molecule has 0 unspecified atom stereocenters. The van der Waals surface area contributed by atoms with Crippen molar-refractivity contribution in [3.63, 3.8) is 0 Å². The Morgan fingerprint density at radius 2 is 2.22 bits per heavy atom. The predicted molar refractivity (Wildman–Crippen MR) is 72.6 cm³/mol. The van der Waals surface area contributed by atoms with Crippen molar-refractivity contribution in [1.82, 2.24) is 4.98 Å². The molecule has 0 aliphatic carbocycles. The summed E-state index contributed by atoms with van der Waals surface area (Å²) < 4.78 is 4.68. The highest BCUT2D eigenvalue weighted by atomic mass is 16.5. The minimum Gasteiger partial charge on any atom is -0.465 e. The highest BCUT2D eigenvalue weighted by molar-refractivity contribution is 5.97. The third-order valence-electron chi connectivity index (χ3n) is 2.73. The summed E-state index contributed by atoms with van der Waals surface area (Å²) in [6.45, 7) is 6.26. The average molecular weight is 251 g/mol. The number of ether oxygens (including phenoxy) is 1. The van der Waals surface area contributed by atoms with E-state index >= 15 is 0 Å². The molecule has 0 atom stereocenters. The van der Waals surface area contributed by atoms with Gasteiger partial charge in [0.15, 0.2) is 0 Å². The molecule has 5 nitrogen and oxygen atoms in total. The molecule has 1 rings (SSSR count). The molecule has 0 radical (unpaired) electrons. The number of carbonyl (C=O) groups excluding carboxylic acids is 1. The van der Waals surface area contributed by atoms with Crippen LogP contribution in [0, 0.1) is 0 Å². The van der Waals surface area contributed by atoms with Crippen molar-refractivity contribution in [3.05, 3.63) is 17.8 Å². The van der Waals surface area contributed by atoms with Crippen molar-refractivity contribution in [2.45, 2.75) is 39.2 Å². The number of aromatic nitrogens is 1. The summed E-state index contributed by atoms with van der Waals surface area (Å²) in [6.07, 6.45) is 3.58. The van der Waals surface area contributed by atoms with E-state index in [1.165, 1.54) is 7.11 Å². The number of rotatable bonds is 5. The SMILES string of the molecule is CCCC(C)(C)Nc1nccc(C(=O)OC)c1N. The van der Waals surface area contributed by atoms with E-state index in [0.717, 1.165) is 12.8 Å². The number of nitrogens with one attached hydrogen (secondary N) is 1. The number of hydrogen-bond acceptors (Lipinski definition) is 5. The lowest BCUT2D eigenvalue weighted by atomic mass is 9.99. The van der Waals surface area contributed by atoms with Gasteiger partial charge in [-0.25, -0.2) is 9.78 Å². The number of nitrogens with zero attached hydrogens (tertiary/aromatic N) is 1. The number of hydrogen-bond donors (Lipinski definition) is 2. The largest absolute Gasteiger partial charge is 0.465 e. The number of esters is 1. The van der Waals surface area contributed by atoms with Crippen molar-refractivity contribution in [2.75, 3.05) is 18.2 Å². The van der Waals surface area contributed by atoms with E-state index in [1.807, 2.05) is 0 Å². The van der Waals surface area contributed by atoms with Crippen LogP contribution in [-0.2, 0) is 4.74 Å². The van der Waals surface area contributed by atoms with Gasteiger partial charge in [-0.15, -0.1) is 0 Å². The van der Waals surface area contributed by atoms with Crippen LogP contribution in [0.15, 0.2) is 12.3 Å². The summed E-state index contributed by atoms with van der Waals surface area (Å²) in [5.74, 6) is 0.0718. The molecule has 5 heteroatoms. The average Bonchev–Trinajstić information content (AvgIpc) is 2.30. The second-order valence-corrected chi connectivity index (χ2v) is 4.87. The number of anilines is 2.